The summed E-state index contributed by atoms with van der Waals surface area (Å²) < 4.78 is 5.91. The number of benzene rings is 2. The number of aliphatic carboxylic acids is 1. The van der Waals surface area contributed by atoms with E-state index in [1.165, 1.54) is 11.1 Å². The molecule has 0 radical (unpaired) electrons. The lowest BCUT2D eigenvalue weighted by Crippen LogP contribution is -2.19. The van der Waals surface area contributed by atoms with Gasteiger partial charge in [-0.15, -0.1) is 0 Å². The molecular weight excluding hydrogens is 326 g/mol. The van der Waals surface area contributed by atoms with Gasteiger partial charge in [0.25, 0.3) is 0 Å². The maximum absolute atomic E-state index is 10.4. The van der Waals surface area contributed by atoms with Crippen molar-refractivity contribution in [2.45, 2.75) is 32.6 Å². The molecule has 0 spiro atoms. The zero-order chi connectivity index (χ0) is 18.6. The Morgan fingerprint density at radius 3 is 2.46 bits per heavy atom. The van der Waals surface area contributed by atoms with Crippen LogP contribution in [0.5, 0.6) is 5.75 Å². The van der Waals surface area contributed by atoms with Gasteiger partial charge in [0.2, 0.25) is 0 Å². The van der Waals surface area contributed by atoms with E-state index in [4.69, 9.17) is 9.84 Å². The standard InChI is InChI=1S/C22H29NO3/c1-18(16-20-6-3-2-4-7-20)17-26-21-11-9-19(10-12-21)8-5-14-23-15-13-22(24)25/h2-4,6-7,9-12,18,23H,5,8,13-17H2,1H3,(H,24,25). The normalized spacial score (nSPS) is 11.9. The highest BCUT2D eigenvalue weighted by molar-refractivity contribution is 5.66. The maximum atomic E-state index is 10.4. The molecule has 2 N–H and O–H groups in total. The molecule has 0 amide bonds. The fraction of sp³-hybridized carbons (Fsp3) is 0.409. The lowest BCUT2D eigenvalue weighted by molar-refractivity contribution is -0.136. The smallest absolute Gasteiger partial charge is 0.304 e. The Morgan fingerprint density at radius 1 is 1.04 bits per heavy atom. The number of carbonyl (C=O) groups is 1. The van der Waals surface area contributed by atoms with E-state index in [2.05, 4.69) is 48.6 Å². The molecule has 0 bridgehead atoms. The zero-order valence-electron chi connectivity index (χ0n) is 15.5. The third kappa shape index (κ3) is 8.17. The van der Waals surface area contributed by atoms with E-state index < -0.39 is 5.97 Å². The predicted octanol–water partition coefficient (Wildman–Crippen LogP) is 3.94. The zero-order valence-corrected chi connectivity index (χ0v) is 15.5. The molecule has 0 aliphatic carbocycles. The number of carboxylic acid groups (broad SMARTS) is 1. The van der Waals surface area contributed by atoms with Crippen LogP contribution in [0.1, 0.15) is 30.9 Å². The Labute approximate surface area is 156 Å². The monoisotopic (exact) mass is 355 g/mol. The summed E-state index contributed by atoms with van der Waals surface area (Å²) in [6.45, 7) is 4.28. The Hall–Kier alpha value is -2.33. The first kappa shape index (κ1) is 20.0. The van der Waals surface area contributed by atoms with Crippen molar-refractivity contribution < 1.29 is 14.6 Å². The van der Waals surface area contributed by atoms with Crippen molar-refractivity contribution in [1.29, 1.82) is 0 Å². The van der Waals surface area contributed by atoms with Gasteiger partial charge in [-0.25, -0.2) is 0 Å². The Morgan fingerprint density at radius 2 is 1.77 bits per heavy atom. The van der Waals surface area contributed by atoms with Crippen molar-refractivity contribution >= 4 is 5.97 Å². The van der Waals surface area contributed by atoms with Gasteiger partial charge in [-0.05, 0) is 55.0 Å². The second kappa shape index (κ2) is 11.3. The second-order valence-corrected chi connectivity index (χ2v) is 6.75. The van der Waals surface area contributed by atoms with Gasteiger partial charge >= 0.3 is 5.97 Å². The molecule has 2 rings (SSSR count). The molecule has 0 saturated carbocycles. The number of hydrogen-bond donors (Lipinski definition) is 2. The number of ether oxygens (including phenoxy) is 1. The third-order valence-electron chi connectivity index (χ3n) is 4.22. The fourth-order valence-corrected chi connectivity index (χ4v) is 2.80. The average Bonchev–Trinajstić information content (AvgIpc) is 2.64. The molecule has 4 heteroatoms. The van der Waals surface area contributed by atoms with Crippen LogP contribution in [0.2, 0.25) is 0 Å². The average molecular weight is 355 g/mol. The van der Waals surface area contributed by atoms with Crippen LogP contribution in [-0.2, 0) is 17.6 Å². The topological polar surface area (TPSA) is 58.6 Å². The highest BCUT2D eigenvalue weighted by atomic mass is 16.5. The third-order valence-corrected chi connectivity index (χ3v) is 4.22. The Kier molecular flexibility index (Phi) is 8.70. The van der Waals surface area contributed by atoms with Crippen LogP contribution in [0.3, 0.4) is 0 Å². The van der Waals surface area contributed by atoms with Crippen molar-refractivity contribution in [3.05, 3.63) is 65.7 Å². The van der Waals surface area contributed by atoms with Crippen LogP contribution in [-0.4, -0.2) is 30.8 Å². The summed E-state index contributed by atoms with van der Waals surface area (Å²) >= 11 is 0. The minimum Gasteiger partial charge on any atom is -0.493 e. The van der Waals surface area contributed by atoms with E-state index in [1.54, 1.807) is 0 Å². The summed E-state index contributed by atoms with van der Waals surface area (Å²) in [6, 6.07) is 18.8. The van der Waals surface area contributed by atoms with Gasteiger partial charge in [0.1, 0.15) is 5.75 Å². The molecule has 0 fully saturated rings. The van der Waals surface area contributed by atoms with Gasteiger partial charge in [0.05, 0.1) is 13.0 Å². The van der Waals surface area contributed by atoms with Crippen LogP contribution >= 0.6 is 0 Å². The largest absolute Gasteiger partial charge is 0.493 e. The van der Waals surface area contributed by atoms with Crippen LogP contribution in [0, 0.1) is 5.92 Å². The second-order valence-electron chi connectivity index (χ2n) is 6.75. The first-order valence-electron chi connectivity index (χ1n) is 9.31. The van der Waals surface area contributed by atoms with Crippen LogP contribution < -0.4 is 10.1 Å². The number of aryl methyl sites for hydroxylation is 1. The van der Waals surface area contributed by atoms with Crippen LogP contribution in [0.15, 0.2) is 54.6 Å². The lowest BCUT2D eigenvalue weighted by Gasteiger charge is -2.13. The summed E-state index contributed by atoms with van der Waals surface area (Å²) in [5, 5.41) is 11.7. The lowest BCUT2D eigenvalue weighted by atomic mass is 10.0. The first-order valence-corrected chi connectivity index (χ1v) is 9.31. The Bertz CT molecular complexity index is 640. The van der Waals surface area contributed by atoms with Crippen molar-refractivity contribution in [3.63, 3.8) is 0 Å². The molecule has 4 nitrogen and oxygen atoms in total. The van der Waals surface area contributed by atoms with E-state index in [1.807, 2.05) is 18.2 Å². The molecule has 0 aliphatic rings. The van der Waals surface area contributed by atoms with Crippen molar-refractivity contribution in [1.82, 2.24) is 5.32 Å². The number of rotatable bonds is 12. The summed E-state index contributed by atoms with van der Waals surface area (Å²) in [7, 11) is 0. The SMILES string of the molecule is CC(COc1ccc(CCCNCCC(=O)O)cc1)Cc1ccccc1. The molecule has 2 aromatic rings. The highest BCUT2D eigenvalue weighted by Gasteiger charge is 2.05. The van der Waals surface area contributed by atoms with E-state index in [0.29, 0.717) is 19.1 Å². The molecule has 26 heavy (non-hydrogen) atoms. The molecule has 140 valence electrons. The molecule has 0 saturated heterocycles. The van der Waals surface area contributed by atoms with Gasteiger partial charge in [0, 0.05) is 6.54 Å². The minimum absolute atomic E-state index is 0.175. The number of hydrogen-bond acceptors (Lipinski definition) is 3. The summed E-state index contributed by atoms with van der Waals surface area (Å²) in [6.07, 6.45) is 3.17. The van der Waals surface area contributed by atoms with Gasteiger partial charge in [-0.3, -0.25) is 4.79 Å². The van der Waals surface area contributed by atoms with Crippen molar-refractivity contribution in [2.24, 2.45) is 5.92 Å². The maximum Gasteiger partial charge on any atom is 0.304 e. The van der Waals surface area contributed by atoms with Crippen LogP contribution in [0.4, 0.5) is 0 Å². The van der Waals surface area contributed by atoms with Crippen molar-refractivity contribution in [3.8, 4) is 5.75 Å². The first-order chi connectivity index (χ1) is 12.6. The summed E-state index contributed by atoms with van der Waals surface area (Å²) in [4.78, 5) is 10.4. The van der Waals surface area contributed by atoms with Gasteiger partial charge < -0.3 is 15.2 Å². The van der Waals surface area contributed by atoms with Gasteiger partial charge in [-0.1, -0.05) is 49.4 Å². The summed E-state index contributed by atoms with van der Waals surface area (Å²) in [5.74, 6) is 0.619. The molecule has 0 heterocycles. The molecule has 0 aromatic heterocycles. The molecule has 1 atom stereocenters. The quantitative estimate of drug-likeness (QED) is 0.566. The van der Waals surface area contributed by atoms with E-state index in [0.717, 1.165) is 31.6 Å². The number of nitrogens with one attached hydrogen (secondary N) is 1. The Balaban J connectivity index is 1.63. The van der Waals surface area contributed by atoms with Crippen LogP contribution in [0.25, 0.3) is 0 Å². The van der Waals surface area contributed by atoms with Crippen molar-refractivity contribution in [2.75, 3.05) is 19.7 Å². The predicted molar refractivity (Wildman–Crippen MR) is 105 cm³/mol. The summed E-state index contributed by atoms with van der Waals surface area (Å²) in [5.41, 5.74) is 2.62. The molecule has 2 aromatic carbocycles. The molecule has 0 aliphatic heterocycles. The number of carboxylic acids is 1. The van der Waals surface area contributed by atoms with E-state index in [9.17, 15) is 4.79 Å². The minimum atomic E-state index is -0.758. The van der Waals surface area contributed by atoms with E-state index in [-0.39, 0.29) is 6.42 Å². The van der Waals surface area contributed by atoms with Gasteiger partial charge in [-0.2, -0.15) is 0 Å². The highest BCUT2D eigenvalue weighted by Crippen LogP contribution is 2.16. The molecule has 1 unspecified atom stereocenters. The fourth-order valence-electron chi connectivity index (χ4n) is 2.80. The van der Waals surface area contributed by atoms with Gasteiger partial charge in [0.15, 0.2) is 0 Å². The van der Waals surface area contributed by atoms with E-state index >= 15 is 0 Å². The molecular formula is C22H29NO3.